The largest absolute Gasteiger partial charge is 0.405 e. The van der Waals surface area contributed by atoms with Gasteiger partial charge in [-0.15, -0.1) is 0 Å². The average Bonchev–Trinajstić information content (AvgIpc) is 2.44. The lowest BCUT2D eigenvalue weighted by atomic mass is 10.3. The Bertz CT molecular complexity index is 817. The minimum atomic E-state index is -4.50. The molecule has 0 spiro atoms. The van der Waals surface area contributed by atoms with Crippen molar-refractivity contribution in [3.05, 3.63) is 54.1 Å². The van der Waals surface area contributed by atoms with Crippen LogP contribution in [0.1, 0.15) is 0 Å². The summed E-state index contributed by atoms with van der Waals surface area (Å²) in [4.78, 5) is -0.689. The van der Waals surface area contributed by atoms with E-state index in [1.165, 1.54) is 24.3 Å². The van der Waals surface area contributed by atoms with Gasteiger partial charge < -0.3 is 5.32 Å². The fourth-order valence-corrected chi connectivity index (χ4v) is 2.93. The molecular formula is C14H11F5N2O2S. The van der Waals surface area contributed by atoms with E-state index in [1.54, 1.807) is 0 Å². The molecule has 0 aliphatic carbocycles. The molecule has 0 radical (unpaired) electrons. The lowest BCUT2D eigenvalue weighted by molar-refractivity contribution is -0.115. The molecule has 0 saturated heterocycles. The third kappa shape index (κ3) is 4.82. The molecule has 0 aromatic heterocycles. The molecule has 2 N–H and O–H groups in total. The number of nitrogens with one attached hydrogen (secondary N) is 2. The number of para-hydroxylation sites is 2. The molecule has 0 heterocycles. The van der Waals surface area contributed by atoms with Gasteiger partial charge >= 0.3 is 6.18 Å². The number of hydrogen-bond donors (Lipinski definition) is 2. The first-order valence-corrected chi connectivity index (χ1v) is 7.94. The highest BCUT2D eigenvalue weighted by Crippen LogP contribution is 2.26. The number of sulfonamides is 1. The maximum Gasteiger partial charge on any atom is 0.405 e. The van der Waals surface area contributed by atoms with Crippen molar-refractivity contribution in [2.75, 3.05) is 16.6 Å². The van der Waals surface area contributed by atoms with Crippen molar-refractivity contribution < 1.29 is 30.4 Å². The number of halogens is 5. The summed E-state index contributed by atoms with van der Waals surface area (Å²) in [5.74, 6) is -2.20. The van der Waals surface area contributed by atoms with Crippen LogP contribution in [-0.2, 0) is 10.0 Å². The monoisotopic (exact) mass is 366 g/mol. The van der Waals surface area contributed by atoms with Crippen LogP contribution in [-0.4, -0.2) is 21.1 Å². The maximum atomic E-state index is 13.2. The van der Waals surface area contributed by atoms with Crippen molar-refractivity contribution in [1.82, 2.24) is 0 Å². The highest BCUT2D eigenvalue weighted by Gasteiger charge is 2.27. The van der Waals surface area contributed by atoms with Gasteiger partial charge in [0.2, 0.25) is 0 Å². The Kier molecular flexibility index (Phi) is 4.97. The summed E-state index contributed by atoms with van der Waals surface area (Å²) in [7, 11) is -4.39. The van der Waals surface area contributed by atoms with Crippen molar-refractivity contribution in [1.29, 1.82) is 0 Å². The van der Waals surface area contributed by atoms with Gasteiger partial charge in [0.15, 0.2) is 0 Å². The molecule has 2 aromatic carbocycles. The maximum absolute atomic E-state index is 13.2. The summed E-state index contributed by atoms with van der Waals surface area (Å²) in [6.07, 6.45) is -4.50. The second-order valence-electron chi connectivity index (χ2n) is 4.72. The van der Waals surface area contributed by atoms with E-state index in [9.17, 15) is 30.4 Å². The molecule has 2 rings (SSSR count). The molecule has 0 saturated carbocycles. The minimum absolute atomic E-state index is 0.129. The SMILES string of the molecule is O=S(=O)(Nc1ccccc1NCC(F)(F)F)c1cc(F)cc(F)c1. The van der Waals surface area contributed by atoms with Crippen LogP contribution in [0.2, 0.25) is 0 Å². The van der Waals surface area contributed by atoms with Gasteiger partial charge in [0.25, 0.3) is 10.0 Å². The Morgan fingerprint density at radius 3 is 2.00 bits per heavy atom. The van der Waals surface area contributed by atoms with E-state index in [0.717, 1.165) is 0 Å². The van der Waals surface area contributed by atoms with E-state index >= 15 is 0 Å². The van der Waals surface area contributed by atoms with Gasteiger partial charge in [-0.3, -0.25) is 4.72 Å². The molecule has 0 aliphatic rings. The Hall–Kier alpha value is -2.36. The van der Waals surface area contributed by atoms with Gasteiger partial charge in [0, 0.05) is 6.07 Å². The van der Waals surface area contributed by atoms with Crippen LogP contribution in [0.3, 0.4) is 0 Å². The smallest absolute Gasteiger partial charge is 0.375 e. The van der Waals surface area contributed by atoms with Gasteiger partial charge in [-0.1, -0.05) is 12.1 Å². The van der Waals surface area contributed by atoms with E-state index in [4.69, 9.17) is 0 Å². The van der Waals surface area contributed by atoms with E-state index in [0.29, 0.717) is 18.2 Å². The molecular weight excluding hydrogens is 355 g/mol. The number of benzene rings is 2. The molecule has 0 fully saturated rings. The topological polar surface area (TPSA) is 58.2 Å². The first-order valence-electron chi connectivity index (χ1n) is 6.45. The zero-order valence-electron chi connectivity index (χ0n) is 11.9. The Morgan fingerprint density at radius 2 is 1.46 bits per heavy atom. The lowest BCUT2D eigenvalue weighted by Gasteiger charge is -2.15. The summed E-state index contributed by atoms with van der Waals surface area (Å²) in [6, 6.07) is 6.93. The summed E-state index contributed by atoms with van der Waals surface area (Å²) in [5, 5.41) is 2.05. The normalized spacial score (nSPS) is 12.0. The molecule has 130 valence electrons. The molecule has 2 aromatic rings. The molecule has 4 nitrogen and oxygen atoms in total. The van der Waals surface area contributed by atoms with Gasteiger partial charge in [-0.2, -0.15) is 13.2 Å². The summed E-state index contributed by atoms with van der Waals surface area (Å²) in [6.45, 7) is -1.37. The third-order valence-corrected chi connectivity index (χ3v) is 4.14. The molecule has 0 aliphatic heterocycles. The van der Waals surface area contributed by atoms with E-state index in [1.807, 2.05) is 10.0 Å². The van der Waals surface area contributed by atoms with Crippen LogP contribution >= 0.6 is 0 Å². The highest BCUT2D eigenvalue weighted by atomic mass is 32.2. The lowest BCUT2D eigenvalue weighted by Crippen LogP contribution is -2.22. The predicted molar refractivity (Wildman–Crippen MR) is 78.2 cm³/mol. The molecule has 24 heavy (non-hydrogen) atoms. The van der Waals surface area contributed by atoms with Crippen LogP contribution < -0.4 is 10.0 Å². The summed E-state index contributed by atoms with van der Waals surface area (Å²) < 4.78 is 89.5. The standard InChI is InChI=1S/C14H11F5N2O2S/c15-9-5-10(16)7-11(6-9)24(22,23)21-13-4-2-1-3-12(13)20-8-14(17,18)19/h1-7,20-21H,8H2. The molecule has 0 amide bonds. The molecule has 0 bridgehead atoms. The minimum Gasteiger partial charge on any atom is -0.375 e. The molecule has 0 unspecified atom stereocenters. The van der Waals surface area contributed by atoms with Crippen molar-refractivity contribution in [3.63, 3.8) is 0 Å². The Morgan fingerprint density at radius 1 is 0.917 bits per heavy atom. The van der Waals surface area contributed by atoms with Gasteiger partial charge in [-0.05, 0) is 24.3 Å². The van der Waals surface area contributed by atoms with Crippen molar-refractivity contribution in [2.24, 2.45) is 0 Å². The Balaban J connectivity index is 2.30. The quantitative estimate of drug-likeness (QED) is 0.793. The number of hydrogen-bond acceptors (Lipinski definition) is 3. The third-order valence-electron chi connectivity index (χ3n) is 2.80. The first kappa shape index (κ1) is 18.0. The number of alkyl halides is 3. The molecule has 10 heteroatoms. The van der Waals surface area contributed by atoms with Gasteiger partial charge in [0.05, 0.1) is 16.3 Å². The van der Waals surface area contributed by atoms with Gasteiger partial charge in [0.1, 0.15) is 18.2 Å². The fourth-order valence-electron chi connectivity index (χ4n) is 1.81. The van der Waals surface area contributed by atoms with Crippen LogP contribution in [0, 0.1) is 11.6 Å². The van der Waals surface area contributed by atoms with E-state index in [2.05, 4.69) is 0 Å². The predicted octanol–water partition coefficient (Wildman–Crippen LogP) is 3.74. The van der Waals surface area contributed by atoms with Crippen LogP contribution in [0.4, 0.5) is 33.3 Å². The van der Waals surface area contributed by atoms with Crippen LogP contribution in [0.5, 0.6) is 0 Å². The van der Waals surface area contributed by atoms with E-state index in [-0.39, 0.29) is 11.4 Å². The summed E-state index contributed by atoms with van der Waals surface area (Å²) in [5.41, 5.74) is -0.318. The second-order valence-corrected chi connectivity index (χ2v) is 6.41. The molecule has 0 atom stereocenters. The zero-order valence-corrected chi connectivity index (χ0v) is 12.7. The van der Waals surface area contributed by atoms with E-state index < -0.39 is 39.3 Å². The number of rotatable bonds is 5. The van der Waals surface area contributed by atoms with Crippen molar-refractivity contribution >= 4 is 21.4 Å². The number of anilines is 2. The average molecular weight is 366 g/mol. The highest BCUT2D eigenvalue weighted by molar-refractivity contribution is 7.92. The zero-order chi connectivity index (χ0) is 18.0. The van der Waals surface area contributed by atoms with Crippen LogP contribution in [0.25, 0.3) is 0 Å². The van der Waals surface area contributed by atoms with Crippen molar-refractivity contribution in [2.45, 2.75) is 11.1 Å². The second kappa shape index (κ2) is 6.63. The summed E-state index contributed by atoms with van der Waals surface area (Å²) >= 11 is 0. The fraction of sp³-hybridized carbons (Fsp3) is 0.143. The van der Waals surface area contributed by atoms with Crippen LogP contribution in [0.15, 0.2) is 47.4 Å². The van der Waals surface area contributed by atoms with Crippen molar-refractivity contribution in [3.8, 4) is 0 Å². The first-order chi connectivity index (χ1) is 11.1. The van der Waals surface area contributed by atoms with Gasteiger partial charge in [-0.25, -0.2) is 17.2 Å². The Labute approximate surface area is 134 Å².